The van der Waals surface area contributed by atoms with E-state index < -0.39 is 26.6 Å². The van der Waals surface area contributed by atoms with Crippen LogP contribution in [0.25, 0.3) is 0 Å². The second-order valence-corrected chi connectivity index (χ2v) is 27.1. The topological polar surface area (TPSA) is 114 Å². The van der Waals surface area contributed by atoms with Crippen LogP contribution in [0, 0.1) is 0 Å². The van der Waals surface area contributed by atoms with Crippen LogP contribution in [0.15, 0.2) is 97.2 Å². The fraction of sp³-hybridized carbons (Fsp3) is 0.766. The number of allylic oxidation sites excluding steroid dienone is 15. The van der Waals surface area contributed by atoms with E-state index in [9.17, 15) is 19.0 Å². The molecule has 0 aromatic rings. The number of rotatable bonds is 66. The average molecular weight is 1240 g/mol. The number of amides is 1. The molecule has 504 valence electrons. The van der Waals surface area contributed by atoms with Gasteiger partial charge in [-0.3, -0.25) is 14.2 Å². The van der Waals surface area contributed by atoms with Crippen LogP contribution in [0.1, 0.15) is 329 Å². The molecule has 0 spiro atoms. The highest BCUT2D eigenvalue weighted by atomic mass is 31.2. The first-order chi connectivity index (χ1) is 42.4. The number of ether oxygens (including phenoxy) is 1. The van der Waals surface area contributed by atoms with Crippen LogP contribution in [0.5, 0.6) is 0 Å². The van der Waals surface area contributed by atoms with E-state index in [1.54, 1.807) is 0 Å². The molecule has 0 saturated carbocycles. The van der Waals surface area contributed by atoms with Gasteiger partial charge >= 0.3 is 5.97 Å². The van der Waals surface area contributed by atoms with Gasteiger partial charge < -0.3 is 28.5 Å². The summed E-state index contributed by atoms with van der Waals surface area (Å²) < 4.78 is 30.5. The number of nitrogens with zero attached hydrogens (tertiary/aromatic N) is 1. The summed E-state index contributed by atoms with van der Waals surface area (Å²) in [4.78, 5) is 40.3. The highest BCUT2D eigenvalue weighted by molar-refractivity contribution is 7.45. The minimum Gasteiger partial charge on any atom is -0.756 e. The van der Waals surface area contributed by atoms with E-state index in [2.05, 4.69) is 111 Å². The maximum atomic E-state index is 13.6. The van der Waals surface area contributed by atoms with Crippen molar-refractivity contribution in [2.24, 2.45) is 0 Å². The molecule has 0 aromatic heterocycles. The van der Waals surface area contributed by atoms with Gasteiger partial charge in [-0.1, -0.05) is 305 Å². The summed E-state index contributed by atoms with van der Waals surface area (Å²) in [5.74, 6) is -0.552. The van der Waals surface area contributed by atoms with Crippen molar-refractivity contribution >= 4 is 19.7 Å². The van der Waals surface area contributed by atoms with E-state index >= 15 is 0 Å². The number of nitrogens with one attached hydrogen (secondary N) is 1. The zero-order chi connectivity index (χ0) is 63.5. The minimum absolute atomic E-state index is 0.0279. The van der Waals surface area contributed by atoms with Crippen LogP contribution in [0.4, 0.5) is 0 Å². The molecule has 1 amide bonds. The third-order valence-electron chi connectivity index (χ3n) is 16.0. The van der Waals surface area contributed by atoms with E-state index in [-0.39, 0.29) is 24.9 Å². The predicted octanol–water partition coefficient (Wildman–Crippen LogP) is 22.8. The molecular weight excluding hydrogens is 1100 g/mol. The summed E-state index contributed by atoms with van der Waals surface area (Å²) >= 11 is 0. The lowest BCUT2D eigenvalue weighted by atomic mass is 10.0. The largest absolute Gasteiger partial charge is 0.756 e. The Balaban J connectivity index is 5.12. The van der Waals surface area contributed by atoms with Crippen LogP contribution < -0.4 is 10.2 Å². The van der Waals surface area contributed by atoms with E-state index in [1.165, 1.54) is 173 Å². The molecule has 3 atom stereocenters. The second-order valence-electron chi connectivity index (χ2n) is 25.7. The molecule has 0 aromatic carbocycles. The van der Waals surface area contributed by atoms with Gasteiger partial charge in [0.15, 0.2) is 0 Å². The third kappa shape index (κ3) is 67.2. The normalized spacial score (nSPS) is 14.1. The van der Waals surface area contributed by atoms with Crippen molar-refractivity contribution in [1.82, 2.24) is 5.32 Å². The van der Waals surface area contributed by atoms with Crippen LogP contribution in [-0.4, -0.2) is 69.4 Å². The number of esters is 1. The zero-order valence-corrected chi connectivity index (χ0v) is 58.6. The van der Waals surface area contributed by atoms with E-state index in [1.807, 2.05) is 33.3 Å². The number of carbonyl (C=O) groups excluding carboxylic acids is 2. The van der Waals surface area contributed by atoms with Crippen molar-refractivity contribution in [2.75, 3.05) is 40.9 Å². The maximum absolute atomic E-state index is 13.6. The maximum Gasteiger partial charge on any atom is 0.306 e. The summed E-state index contributed by atoms with van der Waals surface area (Å²) in [5, 5.41) is 3.04. The van der Waals surface area contributed by atoms with E-state index in [4.69, 9.17) is 13.8 Å². The Bertz CT molecular complexity index is 1810. The van der Waals surface area contributed by atoms with Gasteiger partial charge in [0.2, 0.25) is 5.91 Å². The monoisotopic (exact) mass is 1240 g/mol. The lowest BCUT2D eigenvalue weighted by molar-refractivity contribution is -0.870. The zero-order valence-electron chi connectivity index (χ0n) is 57.7. The van der Waals surface area contributed by atoms with Gasteiger partial charge in [-0.15, -0.1) is 0 Å². The van der Waals surface area contributed by atoms with Gasteiger partial charge in [-0.05, 0) is 109 Å². The van der Waals surface area contributed by atoms with Crippen molar-refractivity contribution < 1.29 is 37.3 Å². The smallest absolute Gasteiger partial charge is 0.306 e. The third-order valence-corrected chi connectivity index (χ3v) is 17.0. The van der Waals surface area contributed by atoms with Crippen molar-refractivity contribution in [1.29, 1.82) is 0 Å². The number of hydrogen-bond donors (Lipinski definition) is 1. The Morgan fingerprint density at radius 2 is 0.736 bits per heavy atom. The van der Waals surface area contributed by atoms with Crippen LogP contribution in [-0.2, 0) is 27.9 Å². The molecule has 0 rings (SSSR count). The highest BCUT2D eigenvalue weighted by Crippen LogP contribution is 2.38. The Kier molecular flexibility index (Phi) is 63.5. The lowest BCUT2D eigenvalue weighted by Gasteiger charge is -2.30. The SMILES string of the molecule is CC/C=C\C/C=C\C/C=C\C/C=C\C/C=C\C/C=C\CCCCCCCCC(=O)OC(/C=C/CCCCCCCCCCCCC)C(COP(=O)([O-])OCC[N+](C)(C)C)NC(=O)CCCCCCCCCCCCCCC/C=C/CCCCCCCC. The molecule has 87 heavy (non-hydrogen) atoms. The van der Waals surface area contributed by atoms with Gasteiger partial charge in [0, 0.05) is 12.8 Å². The fourth-order valence-electron chi connectivity index (χ4n) is 10.4. The minimum atomic E-state index is -4.71. The fourth-order valence-corrected chi connectivity index (χ4v) is 11.1. The Morgan fingerprint density at radius 1 is 0.414 bits per heavy atom. The average Bonchev–Trinajstić information content (AvgIpc) is 3.70. The molecule has 0 bridgehead atoms. The molecular formula is C77H139N2O7P. The predicted molar refractivity (Wildman–Crippen MR) is 376 cm³/mol. The number of phosphoric ester groups is 1. The van der Waals surface area contributed by atoms with E-state index in [0.717, 1.165) is 116 Å². The lowest BCUT2D eigenvalue weighted by Crippen LogP contribution is -2.47. The first-order valence-electron chi connectivity index (χ1n) is 36.5. The molecule has 10 heteroatoms. The van der Waals surface area contributed by atoms with Gasteiger partial charge in [-0.2, -0.15) is 0 Å². The molecule has 0 saturated heterocycles. The molecule has 0 aliphatic carbocycles. The van der Waals surface area contributed by atoms with E-state index in [0.29, 0.717) is 23.9 Å². The van der Waals surface area contributed by atoms with Crippen LogP contribution >= 0.6 is 7.82 Å². The molecule has 0 aliphatic rings. The van der Waals surface area contributed by atoms with Crippen molar-refractivity contribution in [3.63, 3.8) is 0 Å². The summed E-state index contributed by atoms with van der Waals surface area (Å²) in [6.45, 7) is 6.75. The van der Waals surface area contributed by atoms with Gasteiger partial charge in [0.1, 0.15) is 19.3 Å². The summed E-state index contributed by atoms with van der Waals surface area (Å²) in [6, 6.07) is -0.901. The molecule has 0 aliphatic heterocycles. The second kappa shape index (κ2) is 65.9. The summed E-state index contributed by atoms with van der Waals surface area (Å²) in [7, 11) is 1.17. The molecule has 0 radical (unpaired) electrons. The standard InChI is InChI=1S/C77H139N2O7P/c1-7-10-13-16-19-22-25-28-30-32-34-36-38-39-41-43-45-47-49-52-55-58-61-64-67-70-77(81)86-75(68-65-62-59-56-53-50-27-24-21-18-15-12-9-3)74(73-85-87(82,83)84-72-71-79(4,5)6)78-76(80)69-66-63-60-57-54-51-48-46-44-42-40-37-35-33-31-29-26-23-20-17-14-11-8-2/h10,13,19,22,28-31,34,36,39,41,45,47,65,68,74-75H,7-9,11-12,14-18,20-21,23-27,32-33,35,37-38,40,42-44,46,48-64,66-67,69-73H2,1-6H3,(H-,78,80,82,83)/b13-10-,22-19-,30-28-,31-29+,36-34-,41-39-,47-45-,68-65+. The van der Waals surface area contributed by atoms with Crippen molar-refractivity contribution in [3.05, 3.63) is 97.2 Å². The quantitative estimate of drug-likeness (QED) is 0.0212. The molecule has 0 fully saturated rings. The summed E-state index contributed by atoms with van der Waals surface area (Å²) in [5.41, 5.74) is 0. The Morgan fingerprint density at radius 3 is 1.11 bits per heavy atom. The Hall–Kier alpha value is -3.07. The van der Waals surface area contributed by atoms with Gasteiger partial charge in [0.05, 0.1) is 33.8 Å². The van der Waals surface area contributed by atoms with Crippen molar-refractivity contribution in [3.8, 4) is 0 Å². The summed E-state index contributed by atoms with van der Waals surface area (Å²) in [6.07, 6.45) is 89.6. The first kappa shape index (κ1) is 83.9. The van der Waals surface area contributed by atoms with Crippen LogP contribution in [0.3, 0.4) is 0 Å². The molecule has 1 N–H and O–H groups in total. The first-order valence-corrected chi connectivity index (χ1v) is 38.0. The molecule has 0 heterocycles. The molecule has 3 unspecified atom stereocenters. The number of likely N-dealkylation sites (N-methyl/N-ethyl adjacent to an activating group) is 1. The highest BCUT2D eigenvalue weighted by Gasteiger charge is 2.27. The Labute approximate surface area is 538 Å². The number of quaternary nitrogens is 1. The van der Waals surface area contributed by atoms with Crippen molar-refractivity contribution in [2.45, 2.75) is 341 Å². The number of carbonyl (C=O) groups is 2. The number of unbranched alkanes of at least 4 members (excludes halogenated alkanes) is 36. The molecule has 9 nitrogen and oxygen atoms in total. The number of phosphoric acid groups is 1. The van der Waals surface area contributed by atoms with Gasteiger partial charge in [0.25, 0.3) is 7.82 Å². The van der Waals surface area contributed by atoms with Gasteiger partial charge in [-0.25, -0.2) is 0 Å². The number of hydrogen-bond acceptors (Lipinski definition) is 7. The van der Waals surface area contributed by atoms with Crippen LogP contribution in [0.2, 0.25) is 0 Å².